The first-order chi connectivity index (χ1) is 6.12. The Bertz CT molecular complexity index is 185. The molecule has 13 heavy (non-hydrogen) atoms. The van der Waals surface area contributed by atoms with Gasteiger partial charge in [0.05, 0.1) is 6.10 Å². The maximum absolute atomic E-state index is 5.72. The van der Waals surface area contributed by atoms with Gasteiger partial charge in [-0.2, -0.15) is 0 Å². The Hall–Kier alpha value is -0.380. The monoisotopic (exact) mass is 184 g/mol. The lowest BCUT2D eigenvalue weighted by atomic mass is 9.74. The summed E-state index contributed by atoms with van der Waals surface area (Å²) in [6, 6.07) is 0. The first kappa shape index (κ1) is 10.7. The Kier molecular flexibility index (Phi) is 3.47. The van der Waals surface area contributed by atoms with Gasteiger partial charge in [0, 0.05) is 25.7 Å². The molecule has 0 spiro atoms. The summed E-state index contributed by atoms with van der Waals surface area (Å²) in [6.45, 7) is 7.41. The zero-order valence-electron chi connectivity index (χ0n) is 8.60. The third-order valence-corrected chi connectivity index (χ3v) is 2.73. The quantitative estimate of drug-likeness (QED) is 0.617. The summed E-state index contributed by atoms with van der Waals surface area (Å²) in [6.07, 6.45) is 2.43. The molecule has 1 saturated carbocycles. The lowest BCUT2D eigenvalue weighted by Crippen LogP contribution is -2.62. The summed E-state index contributed by atoms with van der Waals surface area (Å²) < 4.78 is 5.23. The highest BCUT2D eigenvalue weighted by molar-refractivity contribution is 5.05. The molecule has 0 heterocycles. The van der Waals surface area contributed by atoms with Crippen molar-refractivity contribution >= 4 is 0 Å². The fraction of sp³-hybridized carbons (Fsp3) is 0.800. The van der Waals surface area contributed by atoms with Gasteiger partial charge in [-0.25, -0.2) is 0 Å². The van der Waals surface area contributed by atoms with E-state index in [0.29, 0.717) is 12.6 Å². The van der Waals surface area contributed by atoms with Crippen LogP contribution >= 0.6 is 0 Å². The minimum absolute atomic E-state index is 0.111. The van der Waals surface area contributed by atoms with E-state index in [9.17, 15) is 0 Å². The van der Waals surface area contributed by atoms with Crippen molar-refractivity contribution in [3.05, 3.63) is 12.2 Å². The van der Waals surface area contributed by atoms with E-state index in [4.69, 9.17) is 10.5 Å². The molecule has 0 radical (unpaired) electrons. The Balaban J connectivity index is 2.32. The van der Waals surface area contributed by atoms with E-state index in [0.717, 1.165) is 25.0 Å². The topological polar surface area (TPSA) is 47.3 Å². The maximum Gasteiger partial charge on any atom is 0.0607 e. The second kappa shape index (κ2) is 4.22. The molecule has 0 aromatic carbocycles. The molecule has 1 aliphatic carbocycles. The molecule has 3 nitrogen and oxygen atoms in total. The lowest BCUT2D eigenvalue weighted by molar-refractivity contribution is -0.0253. The highest BCUT2D eigenvalue weighted by Crippen LogP contribution is 2.33. The minimum Gasteiger partial charge on any atom is -0.381 e. The van der Waals surface area contributed by atoms with Crippen LogP contribution in [0.3, 0.4) is 0 Å². The molecular weight excluding hydrogens is 164 g/mol. The number of ether oxygens (including phenoxy) is 1. The second-order valence-electron chi connectivity index (χ2n) is 4.06. The van der Waals surface area contributed by atoms with Crippen LogP contribution in [0.15, 0.2) is 12.2 Å². The van der Waals surface area contributed by atoms with Gasteiger partial charge in [0.25, 0.3) is 0 Å². The van der Waals surface area contributed by atoms with Crippen LogP contribution in [0.2, 0.25) is 0 Å². The number of hydrogen-bond donors (Lipinski definition) is 2. The molecule has 3 heteroatoms. The SMILES string of the molecule is C=C(C)CNC1(CN)CC(OC)C1. The van der Waals surface area contributed by atoms with Crippen molar-refractivity contribution in [2.75, 3.05) is 20.2 Å². The largest absolute Gasteiger partial charge is 0.381 e. The van der Waals surface area contributed by atoms with E-state index in [1.165, 1.54) is 0 Å². The number of methoxy groups -OCH3 is 1. The Morgan fingerprint density at radius 1 is 1.69 bits per heavy atom. The van der Waals surface area contributed by atoms with Crippen molar-refractivity contribution in [1.29, 1.82) is 0 Å². The first-order valence-corrected chi connectivity index (χ1v) is 4.74. The Morgan fingerprint density at radius 3 is 2.69 bits per heavy atom. The van der Waals surface area contributed by atoms with Gasteiger partial charge >= 0.3 is 0 Å². The average molecular weight is 184 g/mol. The third kappa shape index (κ3) is 2.53. The number of rotatable bonds is 5. The van der Waals surface area contributed by atoms with Crippen LogP contribution in [-0.4, -0.2) is 31.8 Å². The third-order valence-electron chi connectivity index (χ3n) is 2.73. The number of nitrogens with two attached hydrogens (primary N) is 1. The second-order valence-corrected chi connectivity index (χ2v) is 4.06. The van der Waals surface area contributed by atoms with Gasteiger partial charge in [-0.15, -0.1) is 0 Å². The molecule has 0 atom stereocenters. The van der Waals surface area contributed by atoms with E-state index in [1.54, 1.807) is 7.11 Å². The average Bonchev–Trinajstić information content (AvgIpc) is 2.03. The zero-order valence-corrected chi connectivity index (χ0v) is 8.60. The van der Waals surface area contributed by atoms with Gasteiger partial charge in [-0.1, -0.05) is 12.2 Å². The van der Waals surface area contributed by atoms with Crippen LogP contribution in [0, 0.1) is 0 Å². The molecule has 3 N–H and O–H groups in total. The molecule has 0 saturated heterocycles. The van der Waals surface area contributed by atoms with Crippen LogP contribution in [0.25, 0.3) is 0 Å². The van der Waals surface area contributed by atoms with Gasteiger partial charge in [-0.05, 0) is 19.8 Å². The van der Waals surface area contributed by atoms with Crippen molar-refractivity contribution in [3.8, 4) is 0 Å². The minimum atomic E-state index is 0.111. The predicted molar refractivity (Wildman–Crippen MR) is 54.6 cm³/mol. The van der Waals surface area contributed by atoms with Crippen molar-refractivity contribution in [3.63, 3.8) is 0 Å². The molecule has 0 amide bonds. The normalized spacial score (nSPS) is 32.7. The van der Waals surface area contributed by atoms with Crippen molar-refractivity contribution < 1.29 is 4.74 Å². The number of hydrogen-bond acceptors (Lipinski definition) is 3. The smallest absolute Gasteiger partial charge is 0.0607 e. The summed E-state index contributed by atoms with van der Waals surface area (Å²) in [5, 5.41) is 3.44. The van der Waals surface area contributed by atoms with Crippen molar-refractivity contribution in [2.45, 2.75) is 31.4 Å². The van der Waals surface area contributed by atoms with Gasteiger partial charge < -0.3 is 15.8 Å². The lowest BCUT2D eigenvalue weighted by Gasteiger charge is -2.47. The molecular formula is C10H20N2O. The van der Waals surface area contributed by atoms with Gasteiger partial charge in [0.15, 0.2) is 0 Å². The van der Waals surface area contributed by atoms with Gasteiger partial charge in [-0.3, -0.25) is 0 Å². The molecule has 0 aromatic heterocycles. The van der Waals surface area contributed by atoms with E-state index >= 15 is 0 Å². The van der Waals surface area contributed by atoms with E-state index in [1.807, 2.05) is 6.92 Å². The first-order valence-electron chi connectivity index (χ1n) is 4.74. The molecule has 76 valence electrons. The predicted octanol–water partition coefficient (Wildman–Crippen LogP) is 0.658. The van der Waals surface area contributed by atoms with Crippen LogP contribution in [0.4, 0.5) is 0 Å². The van der Waals surface area contributed by atoms with E-state index < -0.39 is 0 Å². The van der Waals surface area contributed by atoms with Crippen LogP contribution < -0.4 is 11.1 Å². The van der Waals surface area contributed by atoms with Gasteiger partial charge in [0.2, 0.25) is 0 Å². The Labute approximate surface area is 80.3 Å². The molecule has 0 bridgehead atoms. The summed E-state index contributed by atoms with van der Waals surface area (Å²) >= 11 is 0. The standard InChI is InChI=1S/C10H20N2O/c1-8(2)6-12-10(7-11)4-9(5-10)13-3/h9,12H,1,4-7,11H2,2-3H3. The molecule has 1 aliphatic rings. The fourth-order valence-corrected chi connectivity index (χ4v) is 1.70. The fourth-order valence-electron chi connectivity index (χ4n) is 1.70. The summed E-state index contributed by atoms with van der Waals surface area (Å²) in [5.41, 5.74) is 6.98. The summed E-state index contributed by atoms with van der Waals surface area (Å²) in [7, 11) is 1.75. The highest BCUT2D eigenvalue weighted by atomic mass is 16.5. The highest BCUT2D eigenvalue weighted by Gasteiger charge is 2.42. The van der Waals surface area contributed by atoms with Crippen molar-refractivity contribution in [2.24, 2.45) is 5.73 Å². The van der Waals surface area contributed by atoms with Crippen molar-refractivity contribution in [1.82, 2.24) is 5.32 Å². The van der Waals surface area contributed by atoms with Gasteiger partial charge in [0.1, 0.15) is 0 Å². The molecule has 0 unspecified atom stereocenters. The van der Waals surface area contributed by atoms with Crippen LogP contribution in [-0.2, 0) is 4.74 Å². The zero-order chi connectivity index (χ0) is 9.90. The van der Waals surface area contributed by atoms with Crippen LogP contribution in [0.5, 0.6) is 0 Å². The molecule has 0 aromatic rings. The summed E-state index contributed by atoms with van der Waals surface area (Å²) in [4.78, 5) is 0. The Morgan fingerprint density at radius 2 is 2.31 bits per heavy atom. The summed E-state index contributed by atoms with van der Waals surface area (Å²) in [5.74, 6) is 0. The van der Waals surface area contributed by atoms with Crippen LogP contribution in [0.1, 0.15) is 19.8 Å². The van der Waals surface area contributed by atoms with E-state index in [-0.39, 0.29) is 5.54 Å². The maximum atomic E-state index is 5.72. The molecule has 1 rings (SSSR count). The van der Waals surface area contributed by atoms with E-state index in [2.05, 4.69) is 11.9 Å². The molecule has 0 aliphatic heterocycles. The number of nitrogens with one attached hydrogen (secondary N) is 1. The molecule has 1 fully saturated rings.